The third kappa shape index (κ3) is 2.94. The SMILES string of the molecule is N[C@H](CCCn1c(=S)[nH]c2ccccc2c1=O)C(=O)O. The molecule has 20 heavy (non-hydrogen) atoms. The Morgan fingerprint density at radius 2 is 2.15 bits per heavy atom. The average molecular weight is 293 g/mol. The van der Waals surface area contributed by atoms with E-state index in [1.165, 1.54) is 4.57 Å². The molecule has 0 bridgehead atoms. The summed E-state index contributed by atoms with van der Waals surface area (Å²) in [6, 6.07) is 6.21. The zero-order valence-electron chi connectivity index (χ0n) is 10.7. The van der Waals surface area contributed by atoms with Crippen molar-refractivity contribution in [2.75, 3.05) is 0 Å². The predicted molar refractivity (Wildman–Crippen MR) is 78.2 cm³/mol. The van der Waals surface area contributed by atoms with E-state index in [1.807, 2.05) is 6.07 Å². The topological polar surface area (TPSA) is 101 Å². The number of benzene rings is 1. The molecule has 0 spiro atoms. The number of aromatic nitrogens is 2. The van der Waals surface area contributed by atoms with E-state index >= 15 is 0 Å². The predicted octanol–water partition coefficient (Wildman–Crippen LogP) is 1.25. The molecule has 0 amide bonds. The van der Waals surface area contributed by atoms with E-state index in [0.717, 1.165) is 0 Å². The molecule has 4 N–H and O–H groups in total. The summed E-state index contributed by atoms with van der Waals surface area (Å²) in [5.41, 5.74) is 5.95. The standard InChI is InChI=1S/C13H15N3O3S/c14-9(12(18)19)5-3-7-16-11(17)8-4-1-2-6-10(8)15-13(16)20/h1-2,4,6,9H,3,5,7,14H2,(H,15,20)(H,18,19)/t9-/m1/s1. The number of carboxylic acid groups (broad SMARTS) is 1. The molecule has 2 rings (SSSR count). The first-order chi connectivity index (χ1) is 9.50. The van der Waals surface area contributed by atoms with Gasteiger partial charge in [0.1, 0.15) is 6.04 Å². The van der Waals surface area contributed by atoms with Crippen molar-refractivity contribution < 1.29 is 9.90 Å². The summed E-state index contributed by atoms with van der Waals surface area (Å²) in [6.45, 7) is 0.347. The average Bonchev–Trinajstić information content (AvgIpc) is 2.42. The number of hydrogen-bond donors (Lipinski definition) is 3. The molecule has 0 saturated carbocycles. The Labute approximate surface area is 119 Å². The number of para-hydroxylation sites is 1. The van der Waals surface area contributed by atoms with E-state index in [4.69, 9.17) is 23.1 Å². The van der Waals surface area contributed by atoms with E-state index in [2.05, 4.69) is 4.98 Å². The fraction of sp³-hybridized carbons (Fsp3) is 0.308. The molecule has 0 aliphatic carbocycles. The number of aromatic amines is 1. The van der Waals surface area contributed by atoms with Gasteiger partial charge in [-0.2, -0.15) is 0 Å². The molecule has 0 aliphatic rings. The highest BCUT2D eigenvalue weighted by molar-refractivity contribution is 7.71. The van der Waals surface area contributed by atoms with Crippen LogP contribution in [0, 0.1) is 4.77 Å². The van der Waals surface area contributed by atoms with Crippen LogP contribution >= 0.6 is 12.2 Å². The Bertz CT molecular complexity index is 750. The number of nitrogens with one attached hydrogen (secondary N) is 1. The van der Waals surface area contributed by atoms with Crippen LogP contribution in [0.15, 0.2) is 29.1 Å². The van der Waals surface area contributed by atoms with Gasteiger partial charge in [0.05, 0.1) is 10.9 Å². The monoisotopic (exact) mass is 293 g/mol. The molecule has 1 aromatic carbocycles. The summed E-state index contributed by atoms with van der Waals surface area (Å²) in [5, 5.41) is 9.27. The van der Waals surface area contributed by atoms with Crippen LogP contribution in [0.1, 0.15) is 12.8 Å². The number of carboxylic acids is 1. The van der Waals surface area contributed by atoms with Crippen LogP contribution in [0.5, 0.6) is 0 Å². The largest absolute Gasteiger partial charge is 0.480 e. The van der Waals surface area contributed by atoms with Crippen LogP contribution in [0.25, 0.3) is 10.9 Å². The van der Waals surface area contributed by atoms with E-state index in [1.54, 1.807) is 18.2 Å². The minimum atomic E-state index is -1.04. The molecule has 6 nitrogen and oxygen atoms in total. The van der Waals surface area contributed by atoms with E-state index in [9.17, 15) is 9.59 Å². The fourth-order valence-corrected chi connectivity index (χ4v) is 2.28. The molecule has 0 aliphatic heterocycles. The zero-order chi connectivity index (χ0) is 14.7. The Morgan fingerprint density at radius 3 is 2.85 bits per heavy atom. The van der Waals surface area contributed by atoms with Crippen molar-refractivity contribution in [3.63, 3.8) is 0 Å². The van der Waals surface area contributed by atoms with Crippen LogP contribution in [0.2, 0.25) is 0 Å². The normalized spacial score (nSPS) is 12.4. The van der Waals surface area contributed by atoms with Gasteiger partial charge in [0.15, 0.2) is 4.77 Å². The maximum Gasteiger partial charge on any atom is 0.320 e. The van der Waals surface area contributed by atoms with Crippen molar-refractivity contribution in [3.05, 3.63) is 39.4 Å². The third-order valence-corrected chi connectivity index (χ3v) is 3.43. The summed E-state index contributed by atoms with van der Waals surface area (Å²) in [5.74, 6) is -1.04. The minimum absolute atomic E-state index is 0.173. The summed E-state index contributed by atoms with van der Waals surface area (Å²) in [4.78, 5) is 25.9. The summed E-state index contributed by atoms with van der Waals surface area (Å²) in [6.07, 6.45) is 0.770. The third-order valence-electron chi connectivity index (χ3n) is 3.10. The van der Waals surface area contributed by atoms with Gasteiger partial charge < -0.3 is 15.8 Å². The molecule has 1 heterocycles. The van der Waals surface area contributed by atoms with E-state index in [0.29, 0.717) is 35.1 Å². The summed E-state index contributed by atoms with van der Waals surface area (Å²) >= 11 is 5.16. The molecule has 0 saturated heterocycles. The van der Waals surface area contributed by atoms with Gasteiger partial charge in [-0.1, -0.05) is 12.1 Å². The lowest BCUT2D eigenvalue weighted by atomic mass is 10.1. The first-order valence-corrected chi connectivity index (χ1v) is 6.62. The molecule has 0 unspecified atom stereocenters. The fourth-order valence-electron chi connectivity index (χ4n) is 1.99. The molecule has 7 heteroatoms. The van der Waals surface area contributed by atoms with Gasteiger partial charge in [-0.05, 0) is 37.2 Å². The van der Waals surface area contributed by atoms with Gasteiger partial charge in [-0.15, -0.1) is 0 Å². The maximum atomic E-state index is 12.3. The van der Waals surface area contributed by atoms with Crippen molar-refractivity contribution in [2.24, 2.45) is 5.73 Å². The molecular formula is C13H15N3O3S. The molecule has 1 atom stereocenters. The number of carbonyl (C=O) groups is 1. The van der Waals surface area contributed by atoms with Gasteiger partial charge >= 0.3 is 5.97 Å². The highest BCUT2D eigenvalue weighted by atomic mass is 32.1. The number of hydrogen-bond acceptors (Lipinski definition) is 4. The summed E-state index contributed by atoms with van der Waals surface area (Å²) < 4.78 is 1.77. The lowest BCUT2D eigenvalue weighted by Crippen LogP contribution is -2.31. The highest BCUT2D eigenvalue weighted by Crippen LogP contribution is 2.07. The van der Waals surface area contributed by atoms with Gasteiger partial charge in [-0.25, -0.2) is 0 Å². The quantitative estimate of drug-likeness (QED) is 0.720. The second kappa shape index (κ2) is 5.98. The van der Waals surface area contributed by atoms with Gasteiger partial charge in [0, 0.05) is 6.54 Å². The molecule has 0 radical (unpaired) electrons. The Balaban J connectivity index is 2.25. The van der Waals surface area contributed by atoms with Crippen molar-refractivity contribution in [1.82, 2.24) is 9.55 Å². The Morgan fingerprint density at radius 1 is 1.45 bits per heavy atom. The lowest BCUT2D eigenvalue weighted by molar-refractivity contribution is -0.138. The zero-order valence-corrected chi connectivity index (χ0v) is 11.5. The Hall–Kier alpha value is -1.99. The smallest absolute Gasteiger partial charge is 0.320 e. The second-order valence-electron chi connectivity index (χ2n) is 4.52. The first kappa shape index (κ1) is 14.4. The number of aliphatic carboxylic acids is 1. The van der Waals surface area contributed by atoms with Gasteiger partial charge in [0.25, 0.3) is 5.56 Å². The van der Waals surface area contributed by atoms with Crippen molar-refractivity contribution in [1.29, 1.82) is 0 Å². The Kier molecular flexibility index (Phi) is 4.31. The maximum absolute atomic E-state index is 12.3. The minimum Gasteiger partial charge on any atom is -0.480 e. The second-order valence-corrected chi connectivity index (χ2v) is 4.91. The van der Waals surface area contributed by atoms with E-state index < -0.39 is 12.0 Å². The number of H-pyrrole nitrogens is 1. The van der Waals surface area contributed by atoms with Crippen LogP contribution < -0.4 is 11.3 Å². The molecule has 2 aromatic rings. The van der Waals surface area contributed by atoms with Crippen LogP contribution in [0.3, 0.4) is 0 Å². The molecule has 1 aromatic heterocycles. The molecule has 106 valence electrons. The van der Waals surface area contributed by atoms with Gasteiger partial charge in [0.2, 0.25) is 0 Å². The van der Waals surface area contributed by atoms with Gasteiger partial charge in [-0.3, -0.25) is 14.2 Å². The summed E-state index contributed by atoms with van der Waals surface area (Å²) in [7, 11) is 0. The number of fused-ring (bicyclic) bond motifs is 1. The van der Waals surface area contributed by atoms with Crippen LogP contribution in [0.4, 0.5) is 0 Å². The number of nitrogens with two attached hydrogens (primary N) is 1. The highest BCUT2D eigenvalue weighted by Gasteiger charge is 2.11. The first-order valence-electron chi connectivity index (χ1n) is 6.21. The van der Waals surface area contributed by atoms with Crippen LogP contribution in [-0.2, 0) is 11.3 Å². The van der Waals surface area contributed by atoms with Crippen LogP contribution in [-0.4, -0.2) is 26.7 Å². The van der Waals surface area contributed by atoms with Crippen molar-refractivity contribution in [3.8, 4) is 0 Å². The molecule has 0 fully saturated rings. The number of nitrogens with zero attached hydrogens (tertiary/aromatic N) is 1. The van der Waals surface area contributed by atoms with Crippen molar-refractivity contribution in [2.45, 2.75) is 25.4 Å². The lowest BCUT2D eigenvalue weighted by Gasteiger charge is -2.09. The van der Waals surface area contributed by atoms with Crippen molar-refractivity contribution >= 4 is 29.1 Å². The van der Waals surface area contributed by atoms with E-state index in [-0.39, 0.29) is 5.56 Å². The molecular weight excluding hydrogens is 278 g/mol. The number of rotatable bonds is 5.